The van der Waals surface area contributed by atoms with E-state index in [2.05, 4.69) is 53.4 Å². The van der Waals surface area contributed by atoms with Gasteiger partial charge in [-0.1, -0.05) is 31.2 Å². The summed E-state index contributed by atoms with van der Waals surface area (Å²) < 4.78 is 0. The van der Waals surface area contributed by atoms with Crippen LogP contribution in [0.15, 0.2) is 24.3 Å². The Labute approximate surface area is 116 Å². The smallest absolute Gasteiger partial charge is 0.0472 e. The van der Waals surface area contributed by atoms with Gasteiger partial charge in [0.15, 0.2) is 0 Å². The number of benzene rings is 1. The highest BCUT2D eigenvalue weighted by Crippen LogP contribution is 2.27. The summed E-state index contributed by atoms with van der Waals surface area (Å²) in [5, 5.41) is 3.51. The Kier molecular flexibility index (Phi) is 3.87. The molecule has 2 aliphatic heterocycles. The molecule has 1 aromatic rings. The molecule has 2 saturated heterocycles. The Hall–Kier alpha value is -0.900. The average Bonchev–Trinajstić information content (AvgIpc) is 2.47. The van der Waals surface area contributed by atoms with Gasteiger partial charge in [0.25, 0.3) is 0 Å². The van der Waals surface area contributed by atoms with Crippen LogP contribution in [0.4, 0.5) is 0 Å². The summed E-state index contributed by atoms with van der Waals surface area (Å²) in [6.45, 7) is 8.05. The lowest BCUT2D eigenvalue weighted by Crippen LogP contribution is -2.61. The van der Waals surface area contributed by atoms with Crippen molar-refractivity contribution in [3.8, 4) is 0 Å². The molecule has 0 radical (unpaired) electrons. The van der Waals surface area contributed by atoms with E-state index in [9.17, 15) is 0 Å². The third-order valence-corrected chi connectivity index (χ3v) is 4.68. The van der Waals surface area contributed by atoms with Crippen LogP contribution in [0.3, 0.4) is 0 Å². The fourth-order valence-corrected chi connectivity index (χ4v) is 3.38. The number of likely N-dealkylation sites (N-methyl/N-ethyl adjacent to an activating group) is 1. The topological polar surface area (TPSA) is 18.5 Å². The standard InChI is InChI=1S/C16H25N3/c1-3-13-4-6-14(7-5-13)16-12-19-9-8-17-10-15(19)11-18(16)2/h4-7,15-17H,3,8-12H2,1-2H3. The molecule has 1 N–H and O–H groups in total. The van der Waals surface area contributed by atoms with Crippen LogP contribution in [0.1, 0.15) is 24.1 Å². The number of nitrogens with zero attached hydrogens (tertiary/aromatic N) is 2. The van der Waals surface area contributed by atoms with Crippen molar-refractivity contribution in [2.75, 3.05) is 39.8 Å². The predicted octanol–water partition coefficient (Wildman–Crippen LogP) is 1.51. The molecular weight excluding hydrogens is 234 g/mol. The highest BCUT2D eigenvalue weighted by Gasteiger charge is 2.33. The number of hydrogen-bond donors (Lipinski definition) is 1. The Bertz CT molecular complexity index is 415. The van der Waals surface area contributed by atoms with Crippen molar-refractivity contribution in [1.29, 1.82) is 0 Å². The van der Waals surface area contributed by atoms with Crippen LogP contribution in [0.2, 0.25) is 0 Å². The van der Waals surface area contributed by atoms with E-state index in [0.29, 0.717) is 12.1 Å². The molecule has 0 aromatic heterocycles. The van der Waals surface area contributed by atoms with E-state index in [4.69, 9.17) is 0 Å². The Morgan fingerprint density at radius 2 is 2.00 bits per heavy atom. The lowest BCUT2D eigenvalue weighted by atomic mass is 9.97. The number of rotatable bonds is 2. The van der Waals surface area contributed by atoms with Crippen molar-refractivity contribution >= 4 is 0 Å². The molecule has 2 aliphatic rings. The van der Waals surface area contributed by atoms with Gasteiger partial charge in [-0.05, 0) is 24.6 Å². The van der Waals surface area contributed by atoms with Gasteiger partial charge in [-0.25, -0.2) is 0 Å². The van der Waals surface area contributed by atoms with Crippen LogP contribution >= 0.6 is 0 Å². The Morgan fingerprint density at radius 3 is 2.74 bits per heavy atom. The minimum Gasteiger partial charge on any atom is -0.314 e. The van der Waals surface area contributed by atoms with Gasteiger partial charge >= 0.3 is 0 Å². The van der Waals surface area contributed by atoms with Gasteiger partial charge < -0.3 is 5.32 Å². The Balaban J connectivity index is 1.75. The first-order valence-corrected chi connectivity index (χ1v) is 7.51. The van der Waals surface area contributed by atoms with E-state index in [1.54, 1.807) is 0 Å². The number of hydrogen-bond acceptors (Lipinski definition) is 3. The third kappa shape index (κ3) is 2.69. The summed E-state index contributed by atoms with van der Waals surface area (Å²) in [5.41, 5.74) is 2.90. The van der Waals surface area contributed by atoms with Gasteiger partial charge in [-0.15, -0.1) is 0 Å². The normalized spacial score (nSPS) is 29.2. The second-order valence-electron chi connectivity index (χ2n) is 5.90. The van der Waals surface area contributed by atoms with Crippen molar-refractivity contribution in [2.24, 2.45) is 0 Å². The maximum atomic E-state index is 3.51. The largest absolute Gasteiger partial charge is 0.314 e. The van der Waals surface area contributed by atoms with Crippen LogP contribution in [0.5, 0.6) is 0 Å². The molecule has 2 heterocycles. The van der Waals surface area contributed by atoms with E-state index < -0.39 is 0 Å². The number of fused-ring (bicyclic) bond motifs is 1. The van der Waals surface area contributed by atoms with Crippen LogP contribution in [-0.2, 0) is 6.42 Å². The van der Waals surface area contributed by atoms with Crippen LogP contribution in [0.25, 0.3) is 0 Å². The first-order chi connectivity index (χ1) is 9.28. The van der Waals surface area contributed by atoms with Crippen molar-refractivity contribution in [2.45, 2.75) is 25.4 Å². The quantitative estimate of drug-likeness (QED) is 0.868. The molecule has 104 valence electrons. The summed E-state index contributed by atoms with van der Waals surface area (Å²) in [6.07, 6.45) is 1.13. The highest BCUT2D eigenvalue weighted by molar-refractivity contribution is 5.26. The molecule has 0 bridgehead atoms. The molecule has 2 unspecified atom stereocenters. The summed E-state index contributed by atoms with van der Waals surface area (Å²) in [4.78, 5) is 5.18. The molecule has 0 aliphatic carbocycles. The molecular formula is C16H25N3. The van der Waals surface area contributed by atoms with E-state index in [0.717, 1.165) is 19.5 Å². The average molecular weight is 259 g/mol. The molecule has 19 heavy (non-hydrogen) atoms. The van der Waals surface area contributed by atoms with Gasteiger partial charge in [-0.2, -0.15) is 0 Å². The summed E-state index contributed by atoms with van der Waals surface area (Å²) in [7, 11) is 2.27. The van der Waals surface area contributed by atoms with Crippen LogP contribution in [-0.4, -0.2) is 55.6 Å². The fourth-order valence-electron chi connectivity index (χ4n) is 3.38. The molecule has 3 heteroatoms. The van der Waals surface area contributed by atoms with Gasteiger partial charge in [0.2, 0.25) is 0 Å². The lowest BCUT2D eigenvalue weighted by molar-refractivity contribution is 0.0300. The SMILES string of the molecule is CCc1ccc(C2CN3CCNCC3CN2C)cc1. The number of piperazine rings is 2. The van der Waals surface area contributed by atoms with E-state index >= 15 is 0 Å². The minimum absolute atomic E-state index is 0.556. The highest BCUT2D eigenvalue weighted by atomic mass is 15.3. The van der Waals surface area contributed by atoms with Crippen LogP contribution < -0.4 is 5.32 Å². The maximum Gasteiger partial charge on any atom is 0.0472 e. The van der Waals surface area contributed by atoms with Crippen molar-refractivity contribution in [3.63, 3.8) is 0 Å². The van der Waals surface area contributed by atoms with Crippen LogP contribution in [0, 0.1) is 0 Å². The summed E-state index contributed by atoms with van der Waals surface area (Å²) >= 11 is 0. The molecule has 0 saturated carbocycles. The molecule has 3 nitrogen and oxygen atoms in total. The second-order valence-corrected chi connectivity index (χ2v) is 5.90. The Morgan fingerprint density at radius 1 is 1.21 bits per heavy atom. The van der Waals surface area contributed by atoms with E-state index in [1.165, 1.54) is 30.8 Å². The zero-order valence-electron chi connectivity index (χ0n) is 12.1. The predicted molar refractivity (Wildman–Crippen MR) is 79.4 cm³/mol. The van der Waals surface area contributed by atoms with Gasteiger partial charge in [0.05, 0.1) is 0 Å². The maximum absolute atomic E-state index is 3.51. The zero-order chi connectivity index (χ0) is 13.2. The monoisotopic (exact) mass is 259 g/mol. The third-order valence-electron chi connectivity index (χ3n) is 4.68. The number of aryl methyl sites for hydroxylation is 1. The number of nitrogens with one attached hydrogen (secondary N) is 1. The minimum atomic E-state index is 0.556. The van der Waals surface area contributed by atoms with Crippen molar-refractivity contribution in [1.82, 2.24) is 15.1 Å². The van der Waals surface area contributed by atoms with Crippen molar-refractivity contribution in [3.05, 3.63) is 35.4 Å². The lowest BCUT2D eigenvalue weighted by Gasteiger charge is -2.47. The van der Waals surface area contributed by atoms with Crippen molar-refractivity contribution < 1.29 is 0 Å². The van der Waals surface area contributed by atoms with E-state index in [1.807, 2.05) is 0 Å². The molecule has 0 spiro atoms. The van der Waals surface area contributed by atoms with Gasteiger partial charge in [0, 0.05) is 44.8 Å². The van der Waals surface area contributed by atoms with Gasteiger partial charge in [-0.3, -0.25) is 9.80 Å². The molecule has 3 rings (SSSR count). The first kappa shape index (κ1) is 13.1. The summed E-state index contributed by atoms with van der Waals surface area (Å²) in [5.74, 6) is 0. The molecule has 1 aromatic carbocycles. The van der Waals surface area contributed by atoms with E-state index in [-0.39, 0.29) is 0 Å². The fraction of sp³-hybridized carbons (Fsp3) is 0.625. The van der Waals surface area contributed by atoms with Gasteiger partial charge in [0.1, 0.15) is 0 Å². The first-order valence-electron chi connectivity index (χ1n) is 7.51. The zero-order valence-corrected chi connectivity index (χ0v) is 12.1. The molecule has 2 fully saturated rings. The molecule has 0 amide bonds. The summed E-state index contributed by atoms with van der Waals surface area (Å²) in [6, 6.07) is 10.5. The molecule has 2 atom stereocenters. The second kappa shape index (κ2) is 5.61.